The first-order valence-corrected chi connectivity index (χ1v) is 6.82. The molecule has 21 heavy (non-hydrogen) atoms. The maximum atomic E-state index is 11.0. The molecule has 0 fully saturated rings. The van der Waals surface area contributed by atoms with Gasteiger partial charge in [-0.25, -0.2) is 0 Å². The number of hydrogen-bond acceptors (Lipinski definition) is 4. The van der Waals surface area contributed by atoms with Gasteiger partial charge in [0.2, 0.25) is 5.75 Å². The molecule has 0 aromatic heterocycles. The standard InChI is InChI=1S/C14H12Cl2N2O3/c1-17-8-9-5-6-10(7-12(9)16)21-14-11(15)3-2-4-13(14)18(19)20/h2-7,17H,8H2,1H3. The number of nitrogens with zero attached hydrogens (tertiary/aromatic N) is 1. The van der Waals surface area contributed by atoms with Crippen LogP contribution < -0.4 is 10.1 Å². The van der Waals surface area contributed by atoms with Gasteiger partial charge in [-0.2, -0.15) is 0 Å². The van der Waals surface area contributed by atoms with E-state index in [0.29, 0.717) is 17.3 Å². The minimum atomic E-state index is -0.543. The van der Waals surface area contributed by atoms with Crippen molar-refractivity contribution in [3.8, 4) is 11.5 Å². The highest BCUT2D eigenvalue weighted by Gasteiger charge is 2.19. The molecule has 0 atom stereocenters. The number of para-hydroxylation sites is 1. The van der Waals surface area contributed by atoms with Crippen molar-refractivity contribution in [1.29, 1.82) is 0 Å². The van der Waals surface area contributed by atoms with Crippen LogP contribution in [0.3, 0.4) is 0 Å². The molecule has 0 saturated heterocycles. The molecule has 0 unspecified atom stereocenters. The predicted molar refractivity (Wildman–Crippen MR) is 82.4 cm³/mol. The Bertz CT molecular complexity index is 677. The highest BCUT2D eigenvalue weighted by Crippen LogP contribution is 2.38. The number of halogens is 2. The minimum Gasteiger partial charge on any atom is -0.448 e. The zero-order chi connectivity index (χ0) is 15.4. The first kappa shape index (κ1) is 15.6. The monoisotopic (exact) mass is 326 g/mol. The number of nitrogens with one attached hydrogen (secondary N) is 1. The smallest absolute Gasteiger partial charge is 0.313 e. The summed E-state index contributed by atoms with van der Waals surface area (Å²) in [5.41, 5.74) is 0.707. The Hall–Kier alpha value is -1.82. The Morgan fingerprint density at radius 2 is 2.00 bits per heavy atom. The topological polar surface area (TPSA) is 64.4 Å². The lowest BCUT2D eigenvalue weighted by Gasteiger charge is -2.10. The van der Waals surface area contributed by atoms with E-state index in [1.807, 2.05) is 7.05 Å². The number of benzene rings is 2. The summed E-state index contributed by atoms with van der Waals surface area (Å²) in [6.07, 6.45) is 0. The highest BCUT2D eigenvalue weighted by molar-refractivity contribution is 6.32. The fourth-order valence-corrected chi connectivity index (χ4v) is 2.23. The maximum Gasteiger partial charge on any atom is 0.313 e. The summed E-state index contributed by atoms with van der Waals surface area (Å²) < 4.78 is 5.54. The average Bonchev–Trinajstić information content (AvgIpc) is 2.44. The molecular formula is C14H12Cl2N2O3. The van der Waals surface area contributed by atoms with Crippen LogP contribution in [0, 0.1) is 10.1 Å². The van der Waals surface area contributed by atoms with Gasteiger partial charge in [0.05, 0.1) is 9.95 Å². The van der Waals surface area contributed by atoms with Crippen LogP contribution in [-0.2, 0) is 6.54 Å². The van der Waals surface area contributed by atoms with E-state index >= 15 is 0 Å². The van der Waals surface area contributed by atoms with E-state index in [0.717, 1.165) is 5.56 Å². The third-order valence-electron chi connectivity index (χ3n) is 2.75. The van der Waals surface area contributed by atoms with E-state index in [4.69, 9.17) is 27.9 Å². The number of ether oxygens (including phenoxy) is 1. The zero-order valence-electron chi connectivity index (χ0n) is 11.1. The number of rotatable bonds is 5. The van der Waals surface area contributed by atoms with E-state index in [1.165, 1.54) is 18.2 Å². The lowest BCUT2D eigenvalue weighted by atomic mass is 10.2. The third-order valence-corrected chi connectivity index (χ3v) is 3.40. The molecule has 2 aromatic rings. The van der Waals surface area contributed by atoms with Gasteiger partial charge in [-0.1, -0.05) is 35.3 Å². The largest absolute Gasteiger partial charge is 0.448 e. The van der Waals surface area contributed by atoms with Crippen LogP contribution in [0.4, 0.5) is 5.69 Å². The quantitative estimate of drug-likeness (QED) is 0.652. The molecule has 0 heterocycles. The van der Waals surface area contributed by atoms with Gasteiger partial charge in [0.1, 0.15) is 5.75 Å². The normalized spacial score (nSPS) is 10.4. The first-order valence-electron chi connectivity index (χ1n) is 6.06. The van der Waals surface area contributed by atoms with E-state index in [-0.39, 0.29) is 16.5 Å². The molecule has 7 heteroatoms. The van der Waals surface area contributed by atoms with Crippen molar-refractivity contribution in [3.05, 3.63) is 62.1 Å². The Balaban J connectivity index is 2.34. The second-order valence-corrected chi connectivity index (χ2v) is 5.05. The second kappa shape index (κ2) is 6.76. The van der Waals surface area contributed by atoms with E-state index < -0.39 is 4.92 Å². The van der Waals surface area contributed by atoms with Crippen molar-refractivity contribution in [2.24, 2.45) is 0 Å². The van der Waals surface area contributed by atoms with Crippen LogP contribution >= 0.6 is 23.2 Å². The molecular weight excluding hydrogens is 315 g/mol. The Morgan fingerprint density at radius 3 is 2.62 bits per heavy atom. The van der Waals surface area contributed by atoms with Gasteiger partial charge >= 0.3 is 5.69 Å². The van der Waals surface area contributed by atoms with Gasteiger partial charge < -0.3 is 10.1 Å². The van der Waals surface area contributed by atoms with Gasteiger partial charge in [-0.15, -0.1) is 0 Å². The summed E-state index contributed by atoms with van der Waals surface area (Å²) in [4.78, 5) is 10.5. The van der Waals surface area contributed by atoms with Gasteiger partial charge in [0.15, 0.2) is 0 Å². The van der Waals surface area contributed by atoms with Crippen molar-refractivity contribution in [1.82, 2.24) is 5.32 Å². The lowest BCUT2D eigenvalue weighted by molar-refractivity contribution is -0.385. The summed E-state index contributed by atoms with van der Waals surface area (Å²) in [6.45, 7) is 0.616. The molecule has 0 saturated carbocycles. The van der Waals surface area contributed by atoms with Gasteiger partial charge in [-0.05, 0) is 30.8 Å². The fraction of sp³-hybridized carbons (Fsp3) is 0.143. The van der Waals surface area contributed by atoms with Crippen molar-refractivity contribution < 1.29 is 9.66 Å². The Morgan fingerprint density at radius 1 is 1.24 bits per heavy atom. The molecule has 0 radical (unpaired) electrons. The molecule has 110 valence electrons. The fourth-order valence-electron chi connectivity index (χ4n) is 1.79. The van der Waals surface area contributed by atoms with Crippen molar-refractivity contribution >= 4 is 28.9 Å². The zero-order valence-corrected chi connectivity index (χ0v) is 12.6. The molecule has 0 bridgehead atoms. The highest BCUT2D eigenvalue weighted by atomic mass is 35.5. The maximum absolute atomic E-state index is 11.0. The average molecular weight is 327 g/mol. The van der Waals surface area contributed by atoms with Crippen LogP contribution in [-0.4, -0.2) is 12.0 Å². The van der Waals surface area contributed by atoms with Crippen molar-refractivity contribution in [2.75, 3.05) is 7.05 Å². The van der Waals surface area contributed by atoms with Gasteiger partial charge in [0.25, 0.3) is 0 Å². The third kappa shape index (κ3) is 3.64. The molecule has 0 aliphatic rings. The molecule has 2 aromatic carbocycles. The molecule has 1 N–H and O–H groups in total. The van der Waals surface area contributed by atoms with Crippen LogP contribution in [0.25, 0.3) is 0 Å². The first-order chi connectivity index (χ1) is 10.0. The van der Waals surface area contributed by atoms with Gasteiger partial charge in [0, 0.05) is 17.6 Å². The summed E-state index contributed by atoms with van der Waals surface area (Å²) in [5.74, 6) is 0.387. The van der Waals surface area contributed by atoms with Crippen molar-refractivity contribution in [3.63, 3.8) is 0 Å². The molecule has 0 aliphatic carbocycles. The SMILES string of the molecule is CNCc1ccc(Oc2c(Cl)cccc2[N+](=O)[O-])cc1Cl. The molecule has 2 rings (SSSR count). The molecule has 0 amide bonds. The number of nitro groups is 1. The lowest BCUT2D eigenvalue weighted by Crippen LogP contribution is -2.05. The summed E-state index contributed by atoms with van der Waals surface area (Å²) in [5, 5.41) is 14.7. The summed E-state index contributed by atoms with van der Waals surface area (Å²) >= 11 is 12.1. The van der Waals surface area contributed by atoms with Crippen LogP contribution in [0.5, 0.6) is 11.5 Å². The van der Waals surface area contributed by atoms with Crippen molar-refractivity contribution in [2.45, 2.75) is 6.54 Å². The Labute approximate surface area is 131 Å². The van der Waals surface area contributed by atoms with E-state index in [2.05, 4.69) is 5.32 Å². The summed E-state index contributed by atoms with van der Waals surface area (Å²) in [7, 11) is 1.81. The Kier molecular flexibility index (Phi) is 5.01. The van der Waals surface area contributed by atoms with Crippen LogP contribution in [0.2, 0.25) is 10.0 Å². The summed E-state index contributed by atoms with van der Waals surface area (Å²) in [6, 6.07) is 9.43. The van der Waals surface area contributed by atoms with E-state index in [1.54, 1.807) is 18.2 Å². The second-order valence-electron chi connectivity index (χ2n) is 4.23. The number of nitro benzene ring substituents is 1. The molecule has 0 aliphatic heterocycles. The molecule has 0 spiro atoms. The predicted octanol–water partition coefficient (Wildman–Crippen LogP) is 4.41. The number of hydrogen-bond donors (Lipinski definition) is 1. The van der Waals surface area contributed by atoms with Crippen LogP contribution in [0.1, 0.15) is 5.56 Å². The van der Waals surface area contributed by atoms with Gasteiger partial charge in [-0.3, -0.25) is 10.1 Å². The minimum absolute atomic E-state index is 0.00148. The molecule has 5 nitrogen and oxygen atoms in total. The van der Waals surface area contributed by atoms with E-state index in [9.17, 15) is 10.1 Å². The van der Waals surface area contributed by atoms with Crippen LogP contribution in [0.15, 0.2) is 36.4 Å².